The largest absolute Gasteiger partial charge is 0.433 e. The fourth-order valence-corrected chi connectivity index (χ4v) is 2.68. The van der Waals surface area contributed by atoms with Crippen molar-refractivity contribution in [3.8, 4) is 0 Å². The highest BCUT2D eigenvalue weighted by Gasteiger charge is 2.37. The van der Waals surface area contributed by atoms with Crippen molar-refractivity contribution in [3.63, 3.8) is 0 Å². The zero-order valence-electron chi connectivity index (χ0n) is 14.7. The summed E-state index contributed by atoms with van der Waals surface area (Å²) in [5.41, 5.74) is -4.82. The van der Waals surface area contributed by atoms with Gasteiger partial charge in [0.2, 0.25) is 0 Å². The number of alkyl halides is 9. The van der Waals surface area contributed by atoms with Crippen LogP contribution in [0.25, 0.3) is 5.78 Å². The van der Waals surface area contributed by atoms with Gasteiger partial charge in [-0.1, -0.05) is 0 Å². The van der Waals surface area contributed by atoms with Gasteiger partial charge in [-0.3, -0.25) is 0 Å². The van der Waals surface area contributed by atoms with Gasteiger partial charge in [0.1, 0.15) is 12.1 Å². The third kappa shape index (κ3) is 4.41. The predicted octanol–water partition coefficient (Wildman–Crippen LogP) is 4.82. The van der Waals surface area contributed by atoms with Gasteiger partial charge in [0.25, 0.3) is 5.78 Å². The lowest BCUT2D eigenvalue weighted by Gasteiger charge is -2.22. The molecule has 0 N–H and O–H groups in total. The van der Waals surface area contributed by atoms with E-state index < -0.39 is 53.2 Å². The second-order valence-electron chi connectivity index (χ2n) is 6.24. The summed E-state index contributed by atoms with van der Waals surface area (Å²) in [6.45, 7) is -0.580. The Hall–Kier alpha value is -3.06. The summed E-state index contributed by atoms with van der Waals surface area (Å²) in [6, 6.07) is 1.53. The summed E-state index contributed by atoms with van der Waals surface area (Å²) in [6.07, 6.45) is -14.0. The number of fused-ring (bicyclic) bond motifs is 1. The summed E-state index contributed by atoms with van der Waals surface area (Å²) in [7, 11) is 1.18. The van der Waals surface area contributed by atoms with Crippen molar-refractivity contribution in [3.05, 3.63) is 53.0 Å². The molecule has 14 heteroatoms. The standard InChI is InChI=1S/C16H10F9N5/c1-29(12-5-11(16(23,24)25)28-13-26-7-27-30(12)13)6-8-2-9(14(17,18)19)4-10(3-8)15(20,21)22/h2-5,7H,6H2,1H3. The van der Waals surface area contributed by atoms with Gasteiger partial charge >= 0.3 is 18.5 Å². The van der Waals surface area contributed by atoms with Crippen LogP contribution < -0.4 is 4.90 Å². The molecular formula is C16H10F9N5. The van der Waals surface area contributed by atoms with Gasteiger partial charge in [-0.15, -0.1) is 0 Å². The van der Waals surface area contributed by atoms with Crippen LogP contribution in [-0.2, 0) is 25.1 Å². The van der Waals surface area contributed by atoms with Crippen LogP contribution in [0.1, 0.15) is 22.4 Å². The second kappa shape index (κ2) is 7.02. The van der Waals surface area contributed by atoms with E-state index >= 15 is 0 Å². The normalized spacial score (nSPS) is 13.1. The van der Waals surface area contributed by atoms with Gasteiger partial charge < -0.3 is 4.90 Å². The van der Waals surface area contributed by atoms with E-state index in [1.165, 1.54) is 7.05 Å². The molecule has 2 aromatic heterocycles. The van der Waals surface area contributed by atoms with Gasteiger partial charge in [0, 0.05) is 19.7 Å². The van der Waals surface area contributed by atoms with E-state index in [1.54, 1.807) is 0 Å². The number of halogens is 9. The maximum absolute atomic E-state index is 13.1. The van der Waals surface area contributed by atoms with Crippen LogP contribution in [0.2, 0.25) is 0 Å². The Labute approximate surface area is 161 Å². The van der Waals surface area contributed by atoms with Crippen LogP contribution >= 0.6 is 0 Å². The Morgan fingerprint density at radius 2 is 1.40 bits per heavy atom. The number of hydrogen-bond donors (Lipinski definition) is 0. The lowest BCUT2D eigenvalue weighted by molar-refractivity contribution is -0.143. The molecule has 0 radical (unpaired) electrons. The van der Waals surface area contributed by atoms with Crippen molar-refractivity contribution in [2.75, 3.05) is 11.9 Å². The number of hydrogen-bond acceptors (Lipinski definition) is 4. The lowest BCUT2D eigenvalue weighted by Crippen LogP contribution is -2.22. The van der Waals surface area contributed by atoms with E-state index in [0.717, 1.165) is 15.7 Å². The fourth-order valence-electron chi connectivity index (χ4n) is 2.68. The fraction of sp³-hybridized carbons (Fsp3) is 0.312. The first-order chi connectivity index (χ1) is 13.7. The van der Waals surface area contributed by atoms with Gasteiger partial charge in [-0.2, -0.15) is 54.1 Å². The van der Waals surface area contributed by atoms with Crippen LogP contribution in [0.5, 0.6) is 0 Å². The molecule has 0 saturated heterocycles. The lowest BCUT2D eigenvalue weighted by atomic mass is 10.0. The van der Waals surface area contributed by atoms with Gasteiger partial charge in [-0.25, -0.2) is 4.98 Å². The van der Waals surface area contributed by atoms with Crippen molar-refractivity contribution in [1.82, 2.24) is 19.6 Å². The number of rotatable bonds is 3. The molecule has 0 bridgehead atoms. The molecule has 0 unspecified atom stereocenters. The molecule has 0 spiro atoms. The molecule has 1 aromatic carbocycles. The van der Waals surface area contributed by atoms with Crippen LogP contribution in [0.4, 0.5) is 45.3 Å². The van der Waals surface area contributed by atoms with Crippen LogP contribution in [0.15, 0.2) is 30.6 Å². The molecule has 0 aliphatic heterocycles. The van der Waals surface area contributed by atoms with E-state index in [9.17, 15) is 39.5 Å². The summed E-state index contributed by atoms with van der Waals surface area (Å²) >= 11 is 0. The first-order valence-electron chi connectivity index (χ1n) is 7.94. The zero-order valence-corrected chi connectivity index (χ0v) is 14.7. The zero-order chi connectivity index (χ0) is 22.5. The van der Waals surface area contributed by atoms with Crippen LogP contribution in [0.3, 0.4) is 0 Å². The van der Waals surface area contributed by atoms with E-state index in [2.05, 4.69) is 15.1 Å². The Balaban J connectivity index is 2.06. The quantitative estimate of drug-likeness (QED) is 0.545. The molecule has 162 valence electrons. The molecule has 30 heavy (non-hydrogen) atoms. The number of nitrogens with zero attached hydrogens (tertiary/aromatic N) is 5. The Kier molecular flexibility index (Phi) is 5.07. The van der Waals surface area contributed by atoms with E-state index in [1.807, 2.05) is 0 Å². The van der Waals surface area contributed by atoms with Gasteiger partial charge in [-0.05, 0) is 23.8 Å². The Morgan fingerprint density at radius 1 is 0.833 bits per heavy atom. The maximum atomic E-state index is 13.1. The molecule has 0 aliphatic carbocycles. The Bertz CT molecular complexity index is 1030. The number of benzene rings is 1. The SMILES string of the molecule is CN(Cc1cc(C(F)(F)F)cc(C(F)(F)F)c1)c1cc(C(F)(F)F)nc2ncnn12. The highest BCUT2D eigenvalue weighted by atomic mass is 19.4. The molecule has 2 heterocycles. The maximum Gasteiger partial charge on any atom is 0.433 e. The summed E-state index contributed by atoms with van der Waals surface area (Å²) < 4.78 is 118. The van der Waals surface area contributed by atoms with E-state index in [4.69, 9.17) is 0 Å². The topological polar surface area (TPSA) is 46.3 Å². The highest BCUT2D eigenvalue weighted by molar-refractivity contribution is 5.48. The second-order valence-corrected chi connectivity index (χ2v) is 6.24. The van der Waals surface area contributed by atoms with Crippen molar-refractivity contribution in [2.45, 2.75) is 25.1 Å². The molecule has 3 rings (SSSR count). The average Bonchev–Trinajstić information content (AvgIpc) is 3.06. The highest BCUT2D eigenvalue weighted by Crippen LogP contribution is 2.37. The number of aromatic nitrogens is 4. The first-order valence-corrected chi connectivity index (χ1v) is 7.94. The third-order valence-corrected chi connectivity index (χ3v) is 3.98. The van der Waals surface area contributed by atoms with Crippen molar-refractivity contribution in [1.29, 1.82) is 0 Å². The van der Waals surface area contributed by atoms with Crippen LogP contribution in [-0.4, -0.2) is 26.6 Å². The van der Waals surface area contributed by atoms with E-state index in [0.29, 0.717) is 18.2 Å². The molecule has 0 fully saturated rings. The van der Waals surface area contributed by atoms with Crippen molar-refractivity contribution >= 4 is 11.6 Å². The molecule has 0 aliphatic rings. The van der Waals surface area contributed by atoms with Gasteiger partial charge in [0.15, 0.2) is 5.69 Å². The molecule has 5 nitrogen and oxygen atoms in total. The van der Waals surface area contributed by atoms with Gasteiger partial charge in [0.05, 0.1) is 11.1 Å². The molecular weight excluding hydrogens is 433 g/mol. The minimum Gasteiger partial charge on any atom is -0.355 e. The third-order valence-electron chi connectivity index (χ3n) is 3.98. The predicted molar refractivity (Wildman–Crippen MR) is 84.3 cm³/mol. The summed E-state index contributed by atoms with van der Waals surface area (Å²) in [5, 5.41) is 3.69. The average molecular weight is 443 g/mol. The van der Waals surface area contributed by atoms with Crippen LogP contribution in [0, 0.1) is 0 Å². The smallest absolute Gasteiger partial charge is 0.355 e. The Morgan fingerprint density at radius 3 is 1.90 bits per heavy atom. The minimum atomic E-state index is -5.05. The van der Waals surface area contributed by atoms with E-state index in [-0.39, 0.29) is 11.9 Å². The molecule has 0 saturated carbocycles. The number of anilines is 1. The summed E-state index contributed by atoms with van der Waals surface area (Å²) in [4.78, 5) is 7.85. The first kappa shape index (κ1) is 21.6. The minimum absolute atomic E-state index is 0.0344. The monoisotopic (exact) mass is 443 g/mol. The van der Waals surface area contributed by atoms with Crippen molar-refractivity contribution in [2.24, 2.45) is 0 Å². The molecule has 0 amide bonds. The molecule has 0 atom stereocenters. The molecule has 3 aromatic rings. The summed E-state index contributed by atoms with van der Waals surface area (Å²) in [5.74, 6) is -0.720. The van der Waals surface area contributed by atoms with Crippen molar-refractivity contribution < 1.29 is 39.5 Å².